The number of nitrogens with zero attached hydrogens (tertiary/aromatic N) is 1. The molecule has 0 amide bonds. The van der Waals surface area contributed by atoms with Crippen LogP contribution in [0.3, 0.4) is 0 Å². The van der Waals surface area contributed by atoms with Crippen LogP contribution in [0, 0.1) is 0 Å². The Labute approximate surface area is 373 Å². The predicted octanol–water partition coefficient (Wildman–Crippen LogP) is 16.8. The number of hydrogen-bond acceptors (Lipinski definition) is 1. The van der Waals surface area contributed by atoms with Gasteiger partial charge in [0.05, 0.1) is 0 Å². The number of fused-ring (bicyclic) bond motifs is 8. The minimum atomic E-state index is 0.985. The van der Waals surface area contributed by atoms with Crippen LogP contribution in [0.15, 0.2) is 211 Å². The first-order valence-corrected chi connectivity index (χ1v) is 22.9. The third-order valence-electron chi connectivity index (χ3n) is 14.2. The number of hydrogen-bond donors (Lipinski definition) is 0. The van der Waals surface area contributed by atoms with Crippen molar-refractivity contribution in [3.63, 3.8) is 0 Å². The van der Waals surface area contributed by atoms with E-state index in [4.69, 9.17) is 0 Å². The van der Waals surface area contributed by atoms with Crippen molar-refractivity contribution in [1.82, 2.24) is 0 Å². The molecule has 0 aliphatic heterocycles. The maximum absolute atomic E-state index is 2.62. The molecular formula is C63H45N. The van der Waals surface area contributed by atoms with Crippen LogP contribution in [0.1, 0.15) is 31.7 Å². The van der Waals surface area contributed by atoms with Gasteiger partial charge in [0.1, 0.15) is 0 Å². The first-order chi connectivity index (χ1) is 31.7. The number of rotatable bonds is 6. The lowest BCUT2D eigenvalue weighted by atomic mass is 9.81. The minimum absolute atomic E-state index is 0.985. The van der Waals surface area contributed by atoms with Gasteiger partial charge < -0.3 is 4.90 Å². The molecule has 0 heterocycles. The van der Waals surface area contributed by atoms with E-state index in [0.717, 1.165) is 25.7 Å². The predicted molar refractivity (Wildman–Crippen MR) is 275 cm³/mol. The zero-order valence-electron chi connectivity index (χ0n) is 35.9. The Kier molecular flexibility index (Phi) is 8.46. The smallest absolute Gasteiger partial charge is 0.0497 e. The standard InChI is InChI=1S/C63H45N/c1-40-30-32-45(33-31-40)64(58-37-36-52-50-27-14-23-43-22-13-26-49(59(43)50)51-28-15-29-54(58)61(51)52)46-34-35-53-57(38-46)47-24-11-12-25-48(47)62-56(42-18-7-3-8-19-42)39-55(41-16-5-2-6-17-41)60(63(53)62)44-20-9-4-10-21-44/h2-14,16-28,30,32,34-39H,15,29,31,33H2,1H3. The maximum atomic E-state index is 2.62. The van der Waals surface area contributed by atoms with E-state index in [1.165, 1.54) is 131 Å². The van der Waals surface area contributed by atoms with E-state index in [2.05, 4.69) is 218 Å². The average Bonchev–Trinajstić information content (AvgIpc) is 3.36. The molecule has 1 nitrogen and oxygen atoms in total. The van der Waals surface area contributed by atoms with Crippen molar-refractivity contribution in [3.05, 3.63) is 222 Å². The zero-order chi connectivity index (χ0) is 42.3. The van der Waals surface area contributed by atoms with Crippen molar-refractivity contribution < 1.29 is 0 Å². The van der Waals surface area contributed by atoms with Gasteiger partial charge in [-0.3, -0.25) is 0 Å². The van der Waals surface area contributed by atoms with E-state index >= 15 is 0 Å². The molecule has 0 atom stereocenters. The highest BCUT2D eigenvalue weighted by Gasteiger charge is 2.26. The van der Waals surface area contributed by atoms with Gasteiger partial charge in [-0.15, -0.1) is 0 Å². The monoisotopic (exact) mass is 815 g/mol. The Hall–Kier alpha value is -7.74. The number of allylic oxidation sites excluding steroid dienone is 4. The van der Waals surface area contributed by atoms with Gasteiger partial charge in [-0.1, -0.05) is 182 Å². The summed E-state index contributed by atoms with van der Waals surface area (Å²) < 4.78 is 0. The number of benzene rings is 11. The fourth-order valence-electron chi connectivity index (χ4n) is 11.4. The largest absolute Gasteiger partial charge is 0.314 e. The summed E-state index contributed by atoms with van der Waals surface area (Å²) in [7, 11) is 0. The van der Waals surface area contributed by atoms with E-state index in [1.807, 2.05) is 0 Å². The summed E-state index contributed by atoms with van der Waals surface area (Å²) in [4.78, 5) is 2.62. The van der Waals surface area contributed by atoms with Crippen molar-refractivity contribution in [2.24, 2.45) is 0 Å². The van der Waals surface area contributed by atoms with Crippen LogP contribution in [0.5, 0.6) is 0 Å². The number of aryl methyl sites for hydroxylation is 1. The molecule has 0 N–H and O–H groups in total. The lowest BCUT2D eigenvalue weighted by molar-refractivity contribution is 0.871. The molecule has 0 saturated carbocycles. The fraction of sp³-hybridized carbons (Fsp3) is 0.0794. The molecule has 0 spiro atoms. The van der Waals surface area contributed by atoms with Gasteiger partial charge in [-0.25, -0.2) is 0 Å². The molecule has 302 valence electrons. The quantitative estimate of drug-likeness (QED) is 0.119. The molecule has 2 aliphatic carbocycles. The summed E-state index contributed by atoms with van der Waals surface area (Å²) in [6, 6.07) is 70.5. The topological polar surface area (TPSA) is 3.24 Å². The van der Waals surface area contributed by atoms with Crippen LogP contribution in [-0.4, -0.2) is 0 Å². The molecule has 0 bridgehead atoms. The highest BCUT2D eigenvalue weighted by Crippen LogP contribution is 2.50. The van der Waals surface area contributed by atoms with Crippen LogP contribution in [0.25, 0.3) is 104 Å². The molecule has 0 fully saturated rings. The van der Waals surface area contributed by atoms with Crippen molar-refractivity contribution in [2.75, 3.05) is 4.90 Å². The lowest BCUT2D eigenvalue weighted by Gasteiger charge is -2.33. The molecule has 0 radical (unpaired) electrons. The molecule has 13 rings (SSSR count). The van der Waals surface area contributed by atoms with Gasteiger partial charge in [0.25, 0.3) is 0 Å². The molecule has 1 heteroatoms. The van der Waals surface area contributed by atoms with E-state index in [-0.39, 0.29) is 0 Å². The Balaban J connectivity index is 1.15. The summed E-state index contributed by atoms with van der Waals surface area (Å²) in [6.07, 6.45) is 11.3. The van der Waals surface area contributed by atoms with Crippen LogP contribution >= 0.6 is 0 Å². The summed E-state index contributed by atoms with van der Waals surface area (Å²) in [5, 5.41) is 17.2. The van der Waals surface area contributed by atoms with Gasteiger partial charge in [-0.2, -0.15) is 0 Å². The molecule has 11 aromatic rings. The molecule has 11 aromatic carbocycles. The second-order valence-electron chi connectivity index (χ2n) is 17.8. The van der Waals surface area contributed by atoms with Gasteiger partial charge in [0, 0.05) is 17.1 Å². The van der Waals surface area contributed by atoms with E-state index in [1.54, 1.807) is 0 Å². The van der Waals surface area contributed by atoms with E-state index in [0.29, 0.717) is 0 Å². The average molecular weight is 816 g/mol. The molecular weight excluding hydrogens is 771 g/mol. The molecule has 0 saturated heterocycles. The Morgan fingerprint density at radius 3 is 1.75 bits per heavy atom. The van der Waals surface area contributed by atoms with Gasteiger partial charge in [0.2, 0.25) is 0 Å². The minimum Gasteiger partial charge on any atom is -0.314 e. The SMILES string of the molecule is CC1=CC=C(N(c2ccc3c(c2)c2ccccc2c2c(-c4ccccc4)cc(-c4ccccc4)c(-c4ccccc4)c32)c2ccc3c4c2CCC=c4c2cccc4cccc3c42)CC1. The highest BCUT2D eigenvalue weighted by molar-refractivity contribution is 6.33. The van der Waals surface area contributed by atoms with Gasteiger partial charge >= 0.3 is 0 Å². The Bertz CT molecular complexity index is 3810. The van der Waals surface area contributed by atoms with Crippen LogP contribution in [0.2, 0.25) is 0 Å². The summed E-state index contributed by atoms with van der Waals surface area (Å²) >= 11 is 0. The fourth-order valence-corrected chi connectivity index (χ4v) is 11.4. The molecule has 2 aliphatic rings. The second-order valence-corrected chi connectivity index (χ2v) is 17.8. The van der Waals surface area contributed by atoms with E-state index < -0.39 is 0 Å². The summed E-state index contributed by atoms with van der Waals surface area (Å²) in [6.45, 7) is 2.26. The van der Waals surface area contributed by atoms with E-state index in [9.17, 15) is 0 Å². The lowest BCUT2D eigenvalue weighted by Crippen LogP contribution is -2.21. The Morgan fingerprint density at radius 1 is 0.406 bits per heavy atom. The van der Waals surface area contributed by atoms with Gasteiger partial charge in [-0.05, 0) is 172 Å². The molecule has 0 unspecified atom stereocenters. The van der Waals surface area contributed by atoms with Crippen LogP contribution < -0.4 is 10.1 Å². The Morgan fingerprint density at radius 2 is 1.02 bits per heavy atom. The van der Waals surface area contributed by atoms with Crippen molar-refractivity contribution in [3.8, 4) is 33.4 Å². The number of anilines is 2. The normalized spacial score (nSPS) is 13.8. The summed E-state index contributed by atoms with van der Waals surface area (Å²) in [5.41, 5.74) is 14.1. The van der Waals surface area contributed by atoms with Crippen molar-refractivity contribution in [1.29, 1.82) is 0 Å². The first kappa shape index (κ1) is 36.9. The van der Waals surface area contributed by atoms with Gasteiger partial charge in [0.15, 0.2) is 0 Å². The second kappa shape index (κ2) is 14.7. The van der Waals surface area contributed by atoms with Crippen LogP contribution in [0.4, 0.5) is 11.4 Å². The first-order valence-electron chi connectivity index (χ1n) is 22.9. The van der Waals surface area contributed by atoms with Crippen molar-refractivity contribution in [2.45, 2.75) is 32.6 Å². The molecule has 64 heavy (non-hydrogen) atoms. The van der Waals surface area contributed by atoms with Crippen LogP contribution in [-0.2, 0) is 6.42 Å². The molecule has 0 aromatic heterocycles. The zero-order valence-corrected chi connectivity index (χ0v) is 35.9. The third kappa shape index (κ3) is 5.64. The van der Waals surface area contributed by atoms with Crippen molar-refractivity contribution >= 4 is 82.1 Å². The summed E-state index contributed by atoms with van der Waals surface area (Å²) in [5.74, 6) is 0. The maximum Gasteiger partial charge on any atom is 0.0497 e. The highest BCUT2D eigenvalue weighted by atomic mass is 15.2. The third-order valence-corrected chi connectivity index (χ3v) is 14.2.